The summed E-state index contributed by atoms with van der Waals surface area (Å²) in [4.78, 5) is 38.8. The number of piperazine rings is 1. The summed E-state index contributed by atoms with van der Waals surface area (Å²) < 4.78 is 0. The quantitative estimate of drug-likeness (QED) is 0.486. The van der Waals surface area contributed by atoms with Crippen molar-refractivity contribution in [3.63, 3.8) is 0 Å². The van der Waals surface area contributed by atoms with Gasteiger partial charge in [0.2, 0.25) is 0 Å². The van der Waals surface area contributed by atoms with Gasteiger partial charge < -0.3 is 14.8 Å². The summed E-state index contributed by atoms with van der Waals surface area (Å²) in [6.07, 6.45) is 1.61. The maximum absolute atomic E-state index is 13.4. The molecular formula is C26H21N5O2S. The number of hydrogen-bond acceptors (Lipinski definition) is 5. The molecule has 1 fully saturated rings. The summed E-state index contributed by atoms with van der Waals surface area (Å²) >= 11 is 1.42. The number of nitrogens with zero attached hydrogens (tertiary/aromatic N) is 4. The number of amides is 2. The van der Waals surface area contributed by atoms with Crippen LogP contribution in [0.5, 0.6) is 0 Å². The van der Waals surface area contributed by atoms with Crippen LogP contribution in [-0.2, 0) is 0 Å². The Morgan fingerprint density at radius 3 is 2.32 bits per heavy atom. The average Bonchev–Trinajstić information content (AvgIpc) is 3.37. The third-order valence-corrected chi connectivity index (χ3v) is 7.02. The number of carbonyl (C=O) groups is 2. The van der Waals surface area contributed by atoms with Crippen LogP contribution < -0.4 is 0 Å². The highest BCUT2D eigenvalue weighted by Gasteiger charge is 2.27. The number of carbonyl (C=O) groups excluding carboxylic acids is 2. The number of H-pyrrole nitrogens is 1. The minimum absolute atomic E-state index is 0.0485. The molecule has 2 heterocycles. The highest BCUT2D eigenvalue weighted by molar-refractivity contribution is 7.99. The third kappa shape index (κ3) is 4.26. The van der Waals surface area contributed by atoms with Crippen molar-refractivity contribution < 1.29 is 9.59 Å². The summed E-state index contributed by atoms with van der Waals surface area (Å²) in [6.45, 7) is 1.87. The topological polar surface area (TPSA) is 93.1 Å². The number of aromatic amines is 1. The molecule has 1 aliphatic rings. The fraction of sp³-hybridized carbons (Fsp3) is 0.154. The van der Waals surface area contributed by atoms with E-state index in [1.807, 2.05) is 54.6 Å². The van der Waals surface area contributed by atoms with Crippen molar-refractivity contribution in [1.29, 1.82) is 5.26 Å². The molecule has 0 radical (unpaired) electrons. The van der Waals surface area contributed by atoms with Crippen LogP contribution in [0.1, 0.15) is 26.3 Å². The van der Waals surface area contributed by atoms with Gasteiger partial charge in [-0.25, -0.2) is 4.98 Å². The second-order valence-electron chi connectivity index (χ2n) is 7.93. The molecule has 0 atom stereocenters. The number of benzene rings is 3. The van der Waals surface area contributed by atoms with Gasteiger partial charge in [-0.1, -0.05) is 36.0 Å². The van der Waals surface area contributed by atoms with Crippen molar-refractivity contribution in [1.82, 2.24) is 19.8 Å². The first kappa shape index (κ1) is 21.7. The lowest BCUT2D eigenvalue weighted by molar-refractivity contribution is 0.0533. The van der Waals surface area contributed by atoms with E-state index in [0.29, 0.717) is 42.9 Å². The van der Waals surface area contributed by atoms with Crippen molar-refractivity contribution in [2.24, 2.45) is 0 Å². The largest absolute Gasteiger partial charge is 0.345 e. The van der Waals surface area contributed by atoms with Gasteiger partial charge in [0.15, 0.2) is 0 Å². The molecule has 0 spiro atoms. The van der Waals surface area contributed by atoms with E-state index >= 15 is 0 Å². The maximum Gasteiger partial charge on any atom is 0.255 e. The van der Waals surface area contributed by atoms with Crippen LogP contribution in [0, 0.1) is 11.3 Å². The molecule has 0 bridgehead atoms. The van der Waals surface area contributed by atoms with E-state index < -0.39 is 0 Å². The number of aromatic nitrogens is 2. The van der Waals surface area contributed by atoms with Crippen LogP contribution in [0.15, 0.2) is 82.8 Å². The van der Waals surface area contributed by atoms with Crippen molar-refractivity contribution in [2.45, 2.75) is 9.79 Å². The number of rotatable bonds is 4. The first-order valence-electron chi connectivity index (χ1n) is 10.9. The van der Waals surface area contributed by atoms with Gasteiger partial charge in [-0.2, -0.15) is 5.26 Å². The van der Waals surface area contributed by atoms with Crippen molar-refractivity contribution in [3.05, 3.63) is 89.7 Å². The maximum atomic E-state index is 13.4. The zero-order valence-electron chi connectivity index (χ0n) is 18.3. The Morgan fingerprint density at radius 2 is 1.56 bits per heavy atom. The van der Waals surface area contributed by atoms with E-state index in [0.717, 1.165) is 20.8 Å². The number of fused-ring (bicyclic) bond motifs is 1. The highest BCUT2D eigenvalue weighted by Crippen LogP contribution is 2.33. The smallest absolute Gasteiger partial charge is 0.255 e. The Labute approximate surface area is 201 Å². The average molecular weight is 468 g/mol. The molecular weight excluding hydrogens is 446 g/mol. The lowest BCUT2D eigenvalue weighted by atomic mass is 10.1. The second kappa shape index (κ2) is 9.41. The monoisotopic (exact) mass is 467 g/mol. The van der Waals surface area contributed by atoms with Crippen molar-refractivity contribution in [2.75, 3.05) is 26.2 Å². The predicted octanol–water partition coefficient (Wildman–Crippen LogP) is 4.18. The molecule has 0 saturated carbocycles. The molecule has 0 aliphatic carbocycles. The van der Waals surface area contributed by atoms with Gasteiger partial charge in [-0.15, -0.1) is 0 Å². The van der Waals surface area contributed by atoms with Crippen LogP contribution in [-0.4, -0.2) is 57.8 Å². The van der Waals surface area contributed by atoms with Crippen LogP contribution >= 0.6 is 11.8 Å². The molecule has 1 N–H and O–H groups in total. The Hall–Kier alpha value is -4.09. The molecule has 34 heavy (non-hydrogen) atoms. The zero-order chi connectivity index (χ0) is 23.5. The summed E-state index contributed by atoms with van der Waals surface area (Å²) in [5, 5.41) is 9.40. The molecule has 1 saturated heterocycles. The molecule has 8 heteroatoms. The van der Waals surface area contributed by atoms with E-state index in [2.05, 4.69) is 16.0 Å². The zero-order valence-corrected chi connectivity index (χ0v) is 19.1. The van der Waals surface area contributed by atoms with Crippen LogP contribution in [0.3, 0.4) is 0 Å². The van der Waals surface area contributed by atoms with Crippen molar-refractivity contribution >= 4 is 34.6 Å². The molecule has 2 amide bonds. The molecule has 1 aromatic heterocycles. The highest BCUT2D eigenvalue weighted by atomic mass is 32.2. The molecule has 1 aliphatic heterocycles. The number of nitrogens with one attached hydrogen (secondary N) is 1. The molecule has 168 valence electrons. The summed E-state index contributed by atoms with van der Waals surface area (Å²) in [5.41, 5.74) is 3.43. The number of hydrogen-bond donors (Lipinski definition) is 1. The van der Waals surface area contributed by atoms with Gasteiger partial charge >= 0.3 is 0 Å². The van der Waals surface area contributed by atoms with E-state index in [1.165, 1.54) is 11.8 Å². The minimum Gasteiger partial charge on any atom is -0.345 e. The van der Waals surface area contributed by atoms with Gasteiger partial charge in [0.1, 0.15) is 6.07 Å². The number of imidazole rings is 1. The minimum atomic E-state index is -0.0662. The summed E-state index contributed by atoms with van der Waals surface area (Å²) in [5.74, 6) is -0.115. The normalized spacial score (nSPS) is 13.6. The second-order valence-corrected chi connectivity index (χ2v) is 9.01. The van der Waals surface area contributed by atoms with E-state index in [4.69, 9.17) is 0 Å². The third-order valence-electron chi connectivity index (χ3n) is 5.87. The molecule has 3 aromatic carbocycles. The first-order chi connectivity index (χ1) is 16.6. The van der Waals surface area contributed by atoms with E-state index in [1.54, 1.807) is 28.3 Å². The fourth-order valence-corrected chi connectivity index (χ4v) is 5.05. The van der Waals surface area contributed by atoms with E-state index in [-0.39, 0.29) is 11.8 Å². The molecule has 5 rings (SSSR count). The lowest BCUT2D eigenvalue weighted by Gasteiger charge is -2.35. The van der Waals surface area contributed by atoms with E-state index in [9.17, 15) is 14.9 Å². The lowest BCUT2D eigenvalue weighted by Crippen LogP contribution is -2.50. The molecule has 7 nitrogen and oxygen atoms in total. The fourth-order valence-electron chi connectivity index (χ4n) is 4.03. The Morgan fingerprint density at radius 1 is 0.882 bits per heavy atom. The van der Waals surface area contributed by atoms with Gasteiger partial charge in [0.25, 0.3) is 11.8 Å². The van der Waals surface area contributed by atoms with Crippen molar-refractivity contribution in [3.8, 4) is 6.07 Å². The van der Waals surface area contributed by atoms with Crippen LogP contribution in [0.4, 0.5) is 0 Å². The predicted molar refractivity (Wildman–Crippen MR) is 130 cm³/mol. The Kier molecular flexibility index (Phi) is 6.02. The van der Waals surface area contributed by atoms with Gasteiger partial charge in [0, 0.05) is 41.5 Å². The number of nitriles is 1. The van der Waals surface area contributed by atoms with Crippen LogP contribution in [0.2, 0.25) is 0 Å². The molecule has 0 unspecified atom stereocenters. The Balaban J connectivity index is 1.28. The Bertz CT molecular complexity index is 1420. The van der Waals surface area contributed by atoms with Gasteiger partial charge in [-0.05, 0) is 42.5 Å². The standard InChI is InChI=1S/C26H21N5O2S/c27-16-19-5-1-3-7-23(19)34-24-8-4-2-6-20(24)26(33)31-13-11-30(12-14-31)25(32)18-9-10-21-22(15-18)29-17-28-21/h1-10,15,17H,11-14H2,(H,28,29). The van der Waals surface area contributed by atoms with Crippen LogP contribution in [0.25, 0.3) is 11.0 Å². The summed E-state index contributed by atoms with van der Waals surface area (Å²) in [6, 6.07) is 22.5. The van der Waals surface area contributed by atoms with Gasteiger partial charge in [0.05, 0.1) is 28.5 Å². The first-order valence-corrected chi connectivity index (χ1v) is 11.7. The molecule has 4 aromatic rings. The summed E-state index contributed by atoms with van der Waals surface area (Å²) in [7, 11) is 0. The SMILES string of the molecule is N#Cc1ccccc1Sc1ccccc1C(=O)N1CCN(C(=O)c2ccc3nc[nH]c3c2)CC1. The van der Waals surface area contributed by atoms with Gasteiger partial charge in [-0.3, -0.25) is 9.59 Å².